The summed E-state index contributed by atoms with van der Waals surface area (Å²) in [5, 5.41) is 0.354. The van der Waals surface area contributed by atoms with Gasteiger partial charge in [-0.2, -0.15) is 0 Å². The molecule has 3 aromatic carbocycles. The van der Waals surface area contributed by atoms with Gasteiger partial charge in [-0.05, 0) is 38.0 Å². The molecular weight excluding hydrogens is 440 g/mol. The number of methoxy groups -OCH3 is 1. The summed E-state index contributed by atoms with van der Waals surface area (Å²) in [7, 11) is 1.56. The van der Waals surface area contributed by atoms with E-state index in [-0.39, 0.29) is 11.5 Å². The summed E-state index contributed by atoms with van der Waals surface area (Å²) in [5.74, 6) is 0.859. The Morgan fingerprint density at radius 2 is 1.86 bits per heavy atom. The molecule has 1 amide bonds. The third-order valence-electron chi connectivity index (χ3n) is 6.73. The molecule has 0 aliphatic carbocycles. The van der Waals surface area contributed by atoms with Crippen molar-refractivity contribution in [3.63, 3.8) is 0 Å². The lowest BCUT2D eigenvalue weighted by Crippen LogP contribution is -2.33. The largest absolute Gasteiger partial charge is 0.497 e. The van der Waals surface area contributed by atoms with Crippen LogP contribution in [0, 0.1) is 13.8 Å². The van der Waals surface area contributed by atoms with Crippen LogP contribution >= 0.6 is 0 Å². The number of benzene rings is 3. The maximum Gasteiger partial charge on any atom is 0.259 e. The number of H-pyrrole nitrogens is 1. The molecule has 1 aromatic heterocycles. The monoisotopic (exact) mass is 464 g/mol. The van der Waals surface area contributed by atoms with Crippen LogP contribution in [0.25, 0.3) is 10.9 Å². The second-order valence-corrected chi connectivity index (χ2v) is 9.07. The minimum Gasteiger partial charge on any atom is -0.497 e. The van der Waals surface area contributed by atoms with Crippen LogP contribution in [0.2, 0.25) is 0 Å². The van der Waals surface area contributed by atoms with Gasteiger partial charge in [0.25, 0.3) is 11.5 Å². The number of hydrogen-bond acceptors (Lipinski definition) is 5. The Morgan fingerprint density at radius 1 is 1.06 bits per heavy atom. The van der Waals surface area contributed by atoms with Crippen LogP contribution in [-0.4, -0.2) is 35.2 Å². The molecule has 0 saturated carbocycles. The van der Waals surface area contributed by atoms with Crippen molar-refractivity contribution in [2.45, 2.75) is 26.3 Å². The minimum absolute atomic E-state index is 0.158. The Hall–Kier alpha value is -4.26. The van der Waals surface area contributed by atoms with E-state index in [9.17, 15) is 9.59 Å². The average molecular weight is 465 g/mol. The first-order valence-electron chi connectivity index (χ1n) is 11.6. The molecule has 35 heavy (non-hydrogen) atoms. The molecule has 6 rings (SSSR count). The van der Waals surface area contributed by atoms with Gasteiger partial charge in [-0.25, -0.2) is 4.98 Å². The number of amides is 1. The zero-order valence-electron chi connectivity index (χ0n) is 19.8. The molecule has 0 bridgehead atoms. The Labute approximate surface area is 202 Å². The van der Waals surface area contributed by atoms with E-state index in [2.05, 4.69) is 29.0 Å². The van der Waals surface area contributed by atoms with E-state index < -0.39 is 6.04 Å². The molecule has 174 valence electrons. The van der Waals surface area contributed by atoms with E-state index in [1.807, 2.05) is 35.2 Å². The van der Waals surface area contributed by atoms with Gasteiger partial charge in [-0.15, -0.1) is 0 Å². The highest BCUT2D eigenvalue weighted by molar-refractivity contribution is 6.21. The maximum atomic E-state index is 14.1. The van der Waals surface area contributed by atoms with Crippen LogP contribution in [0.3, 0.4) is 0 Å². The Bertz CT molecular complexity index is 1600. The van der Waals surface area contributed by atoms with Crippen molar-refractivity contribution in [1.29, 1.82) is 0 Å². The van der Waals surface area contributed by atoms with Crippen molar-refractivity contribution in [3.8, 4) is 5.75 Å². The molecule has 0 spiro atoms. The summed E-state index contributed by atoms with van der Waals surface area (Å²) in [6.45, 7) is 4.37. The lowest BCUT2D eigenvalue weighted by Gasteiger charge is -2.21. The number of aromatic amines is 1. The Balaban J connectivity index is 1.69. The first-order valence-corrected chi connectivity index (χ1v) is 11.6. The van der Waals surface area contributed by atoms with E-state index >= 15 is 0 Å². The molecule has 4 aromatic rings. The number of anilines is 1. The van der Waals surface area contributed by atoms with Crippen molar-refractivity contribution >= 4 is 28.2 Å². The fourth-order valence-electron chi connectivity index (χ4n) is 5.26. The van der Waals surface area contributed by atoms with Crippen LogP contribution in [0.5, 0.6) is 5.75 Å². The molecule has 2 aliphatic heterocycles. The molecule has 7 heteroatoms. The van der Waals surface area contributed by atoms with Gasteiger partial charge in [0.1, 0.15) is 11.6 Å². The number of rotatable bonds is 3. The first-order chi connectivity index (χ1) is 16.9. The van der Waals surface area contributed by atoms with Crippen LogP contribution in [0.1, 0.15) is 39.7 Å². The summed E-state index contributed by atoms with van der Waals surface area (Å²) in [5.41, 5.74) is 6.45. The quantitative estimate of drug-likeness (QED) is 0.496. The third kappa shape index (κ3) is 3.34. The van der Waals surface area contributed by atoms with Gasteiger partial charge in [-0.1, -0.05) is 42.0 Å². The zero-order chi connectivity index (χ0) is 24.3. The molecule has 1 atom stereocenters. The van der Waals surface area contributed by atoms with Gasteiger partial charge in [0, 0.05) is 29.3 Å². The van der Waals surface area contributed by atoms with E-state index in [1.165, 1.54) is 0 Å². The van der Waals surface area contributed by atoms with E-state index in [1.54, 1.807) is 26.2 Å². The molecule has 0 fully saturated rings. The SMILES string of the molecule is COc1cc(C2N=C(c3ccccc3)c3cc(C)cc4c3N(CC4)C2=O)c2c(=O)[nH]c(C)nc2c1. The number of aliphatic imine (C=N–C) groups is 1. The van der Waals surface area contributed by atoms with Gasteiger partial charge in [-0.3, -0.25) is 14.6 Å². The number of carbonyl (C=O) groups is 1. The number of nitrogens with one attached hydrogen (secondary N) is 1. The predicted octanol–water partition coefficient (Wildman–Crippen LogP) is 4.03. The maximum absolute atomic E-state index is 14.1. The highest BCUT2D eigenvalue weighted by Crippen LogP contribution is 2.41. The normalized spacial score (nSPS) is 16.8. The first kappa shape index (κ1) is 21.3. The molecule has 7 nitrogen and oxygen atoms in total. The number of ether oxygens (including phenoxy) is 1. The smallest absolute Gasteiger partial charge is 0.259 e. The Kier molecular flexibility index (Phi) is 4.81. The molecule has 3 heterocycles. The lowest BCUT2D eigenvalue weighted by molar-refractivity contribution is -0.119. The third-order valence-corrected chi connectivity index (χ3v) is 6.73. The number of fused-ring (bicyclic) bond motifs is 1. The van der Waals surface area contributed by atoms with Crippen LogP contribution in [0.15, 0.2) is 64.4 Å². The highest BCUT2D eigenvalue weighted by atomic mass is 16.5. The number of aryl methyl sites for hydroxylation is 2. The minimum atomic E-state index is -0.924. The molecule has 1 N–H and O–H groups in total. The number of hydrogen-bond donors (Lipinski definition) is 1. The number of nitrogens with zero attached hydrogens (tertiary/aromatic N) is 3. The number of carbonyl (C=O) groups excluding carboxylic acids is 1. The van der Waals surface area contributed by atoms with E-state index in [0.29, 0.717) is 34.6 Å². The Morgan fingerprint density at radius 3 is 2.63 bits per heavy atom. The standard InChI is InChI=1S/C28H24N4O3/c1-15-11-18-9-10-32-26(18)21(12-15)24(17-7-5-4-6-8-17)31-25(28(32)34)20-13-19(35-3)14-22-23(20)27(33)30-16(2)29-22/h4-8,11-14,25H,9-10H2,1-3H3,(H,29,30,33). The number of aromatic nitrogens is 2. The lowest BCUT2D eigenvalue weighted by atomic mass is 9.96. The second-order valence-electron chi connectivity index (χ2n) is 9.07. The van der Waals surface area contributed by atoms with Gasteiger partial charge in [0.2, 0.25) is 0 Å². The summed E-state index contributed by atoms with van der Waals surface area (Å²) in [4.78, 5) is 41.4. The summed E-state index contributed by atoms with van der Waals surface area (Å²) < 4.78 is 5.53. The fourth-order valence-corrected chi connectivity index (χ4v) is 5.26. The van der Waals surface area contributed by atoms with Crippen molar-refractivity contribution in [2.75, 3.05) is 18.6 Å². The topological polar surface area (TPSA) is 87.6 Å². The summed E-state index contributed by atoms with van der Waals surface area (Å²) in [6, 6.07) is 16.7. The van der Waals surface area contributed by atoms with Gasteiger partial charge < -0.3 is 14.6 Å². The molecule has 0 radical (unpaired) electrons. The van der Waals surface area contributed by atoms with E-state index in [4.69, 9.17) is 9.73 Å². The zero-order valence-corrected chi connectivity index (χ0v) is 19.8. The van der Waals surface area contributed by atoms with Crippen LogP contribution in [0.4, 0.5) is 5.69 Å². The highest BCUT2D eigenvalue weighted by Gasteiger charge is 2.38. The second kappa shape index (κ2) is 7.91. The van der Waals surface area contributed by atoms with E-state index in [0.717, 1.165) is 40.1 Å². The molecule has 2 aliphatic rings. The molecule has 0 saturated heterocycles. The van der Waals surface area contributed by atoms with Crippen LogP contribution in [-0.2, 0) is 11.2 Å². The predicted molar refractivity (Wildman–Crippen MR) is 136 cm³/mol. The van der Waals surface area contributed by atoms with Crippen LogP contribution < -0.4 is 15.2 Å². The summed E-state index contributed by atoms with van der Waals surface area (Å²) >= 11 is 0. The van der Waals surface area contributed by atoms with Gasteiger partial charge in [0.15, 0.2) is 6.04 Å². The molecule has 1 unspecified atom stereocenters. The van der Waals surface area contributed by atoms with Crippen molar-refractivity contribution in [2.24, 2.45) is 4.99 Å². The van der Waals surface area contributed by atoms with Gasteiger partial charge >= 0.3 is 0 Å². The molecular formula is C28H24N4O3. The van der Waals surface area contributed by atoms with Crippen molar-refractivity contribution in [1.82, 2.24) is 9.97 Å². The average Bonchev–Trinajstić information content (AvgIpc) is 3.22. The van der Waals surface area contributed by atoms with Crippen molar-refractivity contribution < 1.29 is 9.53 Å². The van der Waals surface area contributed by atoms with Gasteiger partial charge in [0.05, 0.1) is 29.4 Å². The van der Waals surface area contributed by atoms with Crippen molar-refractivity contribution in [3.05, 3.63) is 98.6 Å². The summed E-state index contributed by atoms with van der Waals surface area (Å²) in [6.07, 6.45) is 0.782. The fraction of sp³-hybridized carbons (Fsp3) is 0.214.